The number of aromatic nitrogens is 1. The highest BCUT2D eigenvalue weighted by Gasteiger charge is 2.11. The molecule has 0 radical (unpaired) electrons. The molecular formula is C18H21N3O2. The van der Waals surface area contributed by atoms with Crippen LogP contribution in [0.2, 0.25) is 0 Å². The van der Waals surface area contributed by atoms with Gasteiger partial charge in [-0.1, -0.05) is 36.8 Å². The first-order valence-electron chi connectivity index (χ1n) is 7.67. The van der Waals surface area contributed by atoms with Gasteiger partial charge in [-0.25, -0.2) is 0 Å². The molecule has 0 aliphatic heterocycles. The van der Waals surface area contributed by atoms with Crippen LogP contribution in [0.3, 0.4) is 0 Å². The van der Waals surface area contributed by atoms with Gasteiger partial charge in [-0.15, -0.1) is 0 Å². The summed E-state index contributed by atoms with van der Waals surface area (Å²) < 4.78 is 0. The van der Waals surface area contributed by atoms with Crippen molar-refractivity contribution >= 4 is 11.8 Å². The van der Waals surface area contributed by atoms with E-state index in [9.17, 15) is 9.59 Å². The summed E-state index contributed by atoms with van der Waals surface area (Å²) in [6.45, 7) is 5.02. The third-order valence-corrected chi connectivity index (χ3v) is 3.33. The lowest BCUT2D eigenvalue weighted by Crippen LogP contribution is -2.26. The van der Waals surface area contributed by atoms with Crippen molar-refractivity contribution in [3.05, 3.63) is 65.0 Å². The van der Waals surface area contributed by atoms with Gasteiger partial charge in [0.25, 0.3) is 11.8 Å². The Morgan fingerprint density at radius 3 is 2.39 bits per heavy atom. The van der Waals surface area contributed by atoms with Crippen LogP contribution in [0.4, 0.5) is 0 Å². The summed E-state index contributed by atoms with van der Waals surface area (Å²) in [5.74, 6) is -0.461. The molecule has 120 valence electrons. The molecule has 1 heterocycles. The number of aryl methyl sites for hydroxylation is 1. The number of carbonyl (C=O) groups is 2. The molecule has 0 aliphatic carbocycles. The molecule has 0 saturated heterocycles. The predicted octanol–water partition coefficient (Wildman–Crippen LogP) is 2.46. The predicted molar refractivity (Wildman–Crippen MR) is 89.2 cm³/mol. The first-order valence-corrected chi connectivity index (χ1v) is 7.67. The zero-order chi connectivity index (χ0) is 16.7. The second-order valence-corrected chi connectivity index (χ2v) is 5.39. The maximum absolute atomic E-state index is 12.2. The number of nitrogens with one attached hydrogen (secondary N) is 2. The lowest BCUT2D eigenvalue weighted by molar-refractivity contribution is 0.0950. The minimum Gasteiger partial charge on any atom is -0.352 e. The van der Waals surface area contributed by atoms with E-state index in [2.05, 4.69) is 15.6 Å². The van der Waals surface area contributed by atoms with Crippen LogP contribution in [-0.2, 0) is 6.54 Å². The Bertz CT molecular complexity index is 698. The Morgan fingerprint density at radius 2 is 1.74 bits per heavy atom. The maximum atomic E-state index is 12.2. The van der Waals surface area contributed by atoms with Crippen LogP contribution in [-0.4, -0.2) is 23.3 Å². The van der Waals surface area contributed by atoms with E-state index in [1.165, 1.54) is 12.4 Å². The van der Waals surface area contributed by atoms with E-state index in [-0.39, 0.29) is 11.8 Å². The van der Waals surface area contributed by atoms with Crippen LogP contribution >= 0.6 is 0 Å². The van der Waals surface area contributed by atoms with Crippen molar-refractivity contribution < 1.29 is 9.59 Å². The lowest BCUT2D eigenvalue weighted by atomic mass is 10.1. The van der Waals surface area contributed by atoms with E-state index in [1.54, 1.807) is 6.07 Å². The van der Waals surface area contributed by atoms with Gasteiger partial charge in [0.2, 0.25) is 0 Å². The molecule has 0 saturated carbocycles. The highest BCUT2D eigenvalue weighted by molar-refractivity contribution is 5.99. The summed E-state index contributed by atoms with van der Waals surface area (Å²) in [5, 5.41) is 5.61. The van der Waals surface area contributed by atoms with Gasteiger partial charge in [0.15, 0.2) is 0 Å². The van der Waals surface area contributed by atoms with E-state index in [4.69, 9.17) is 0 Å². The third kappa shape index (κ3) is 4.92. The normalized spacial score (nSPS) is 10.2. The summed E-state index contributed by atoms with van der Waals surface area (Å²) in [6, 6.07) is 9.50. The van der Waals surface area contributed by atoms with Gasteiger partial charge in [0.05, 0.1) is 11.1 Å². The standard InChI is InChI=1S/C18H21N3O2/c1-3-7-20-17(22)15-9-16(12-19-11-15)18(23)21-10-14-6-4-5-13(2)8-14/h4-6,8-9,11-12H,3,7,10H2,1-2H3,(H,20,22)(H,21,23). The van der Waals surface area contributed by atoms with Gasteiger partial charge in [0, 0.05) is 25.5 Å². The lowest BCUT2D eigenvalue weighted by Gasteiger charge is -2.08. The van der Waals surface area contributed by atoms with Crippen LogP contribution in [0.1, 0.15) is 45.2 Å². The third-order valence-electron chi connectivity index (χ3n) is 3.33. The molecule has 23 heavy (non-hydrogen) atoms. The quantitative estimate of drug-likeness (QED) is 0.861. The summed E-state index contributed by atoms with van der Waals surface area (Å²) in [7, 11) is 0. The summed E-state index contributed by atoms with van der Waals surface area (Å²) >= 11 is 0. The Kier molecular flexibility index (Phi) is 5.86. The van der Waals surface area contributed by atoms with Gasteiger partial charge in [-0.2, -0.15) is 0 Å². The number of hydrogen-bond donors (Lipinski definition) is 2. The number of nitrogens with zero attached hydrogens (tertiary/aromatic N) is 1. The number of amides is 2. The molecule has 0 unspecified atom stereocenters. The molecule has 2 aromatic rings. The molecule has 0 atom stereocenters. The first-order chi connectivity index (χ1) is 11.1. The van der Waals surface area contributed by atoms with Crippen LogP contribution in [0.15, 0.2) is 42.7 Å². The monoisotopic (exact) mass is 311 g/mol. The van der Waals surface area contributed by atoms with Gasteiger partial charge in [0.1, 0.15) is 0 Å². The summed E-state index contributed by atoms with van der Waals surface area (Å²) in [5.41, 5.74) is 2.94. The minimum atomic E-state index is -0.246. The molecule has 2 rings (SSSR count). The average Bonchev–Trinajstić information content (AvgIpc) is 2.57. The molecule has 5 nitrogen and oxygen atoms in total. The Morgan fingerprint density at radius 1 is 1.04 bits per heavy atom. The molecule has 0 fully saturated rings. The molecule has 2 amide bonds. The van der Waals surface area contributed by atoms with Crippen molar-refractivity contribution in [3.8, 4) is 0 Å². The highest BCUT2D eigenvalue weighted by atomic mass is 16.2. The minimum absolute atomic E-state index is 0.215. The number of carbonyl (C=O) groups excluding carboxylic acids is 2. The van der Waals surface area contributed by atoms with Crippen LogP contribution < -0.4 is 10.6 Å². The molecular weight excluding hydrogens is 290 g/mol. The smallest absolute Gasteiger partial charge is 0.253 e. The molecule has 1 aromatic heterocycles. The van der Waals surface area contributed by atoms with E-state index in [0.717, 1.165) is 17.5 Å². The molecule has 0 spiro atoms. The number of hydrogen-bond acceptors (Lipinski definition) is 3. The number of pyridine rings is 1. The Labute approximate surface area is 136 Å². The van der Waals surface area contributed by atoms with E-state index in [1.807, 2.05) is 38.1 Å². The fourth-order valence-corrected chi connectivity index (χ4v) is 2.14. The zero-order valence-corrected chi connectivity index (χ0v) is 13.4. The molecule has 2 N–H and O–H groups in total. The Hall–Kier alpha value is -2.69. The Balaban J connectivity index is 2.00. The highest BCUT2D eigenvalue weighted by Crippen LogP contribution is 2.06. The maximum Gasteiger partial charge on any atom is 0.253 e. The molecule has 0 bridgehead atoms. The molecule has 0 aliphatic rings. The van der Waals surface area contributed by atoms with E-state index in [0.29, 0.717) is 24.2 Å². The topological polar surface area (TPSA) is 71.1 Å². The largest absolute Gasteiger partial charge is 0.352 e. The van der Waals surface area contributed by atoms with Crippen molar-refractivity contribution in [3.63, 3.8) is 0 Å². The van der Waals surface area contributed by atoms with Crippen molar-refractivity contribution in [2.75, 3.05) is 6.54 Å². The van der Waals surface area contributed by atoms with E-state index < -0.39 is 0 Å². The molecule has 5 heteroatoms. The van der Waals surface area contributed by atoms with Gasteiger partial charge in [-0.3, -0.25) is 14.6 Å². The van der Waals surface area contributed by atoms with Crippen molar-refractivity contribution in [1.29, 1.82) is 0 Å². The zero-order valence-electron chi connectivity index (χ0n) is 13.4. The second kappa shape index (κ2) is 8.08. The first kappa shape index (κ1) is 16.7. The van der Waals surface area contributed by atoms with E-state index >= 15 is 0 Å². The van der Waals surface area contributed by atoms with Crippen molar-refractivity contribution in [2.45, 2.75) is 26.8 Å². The van der Waals surface area contributed by atoms with Crippen LogP contribution in [0, 0.1) is 6.92 Å². The van der Waals surface area contributed by atoms with Crippen LogP contribution in [0.5, 0.6) is 0 Å². The summed E-state index contributed by atoms with van der Waals surface area (Å²) in [6.07, 6.45) is 3.78. The second-order valence-electron chi connectivity index (χ2n) is 5.39. The number of rotatable bonds is 6. The van der Waals surface area contributed by atoms with Gasteiger partial charge in [-0.05, 0) is 25.0 Å². The fraction of sp³-hybridized carbons (Fsp3) is 0.278. The van der Waals surface area contributed by atoms with Gasteiger partial charge < -0.3 is 10.6 Å². The molecule has 1 aromatic carbocycles. The average molecular weight is 311 g/mol. The van der Waals surface area contributed by atoms with Gasteiger partial charge >= 0.3 is 0 Å². The SMILES string of the molecule is CCCNC(=O)c1cncc(C(=O)NCc2cccc(C)c2)c1. The van der Waals surface area contributed by atoms with Crippen molar-refractivity contribution in [2.24, 2.45) is 0 Å². The van der Waals surface area contributed by atoms with Crippen molar-refractivity contribution in [1.82, 2.24) is 15.6 Å². The van der Waals surface area contributed by atoms with Crippen LogP contribution in [0.25, 0.3) is 0 Å². The fourth-order valence-electron chi connectivity index (χ4n) is 2.14. The summed E-state index contributed by atoms with van der Waals surface area (Å²) in [4.78, 5) is 28.1. The number of benzene rings is 1.